The van der Waals surface area contributed by atoms with Gasteiger partial charge in [0.2, 0.25) is 0 Å². The van der Waals surface area contributed by atoms with Gasteiger partial charge in [0.05, 0.1) is 62.4 Å². The molecule has 0 bridgehead atoms. The molecule has 1 saturated heterocycles. The minimum Gasteiger partial charge on any atom is -0.469 e. The van der Waals surface area contributed by atoms with Gasteiger partial charge in [-0.15, -0.1) is 0 Å². The lowest BCUT2D eigenvalue weighted by Crippen LogP contribution is -2.48. The van der Waals surface area contributed by atoms with Crippen LogP contribution in [0.15, 0.2) is 42.5 Å². The van der Waals surface area contributed by atoms with Crippen LogP contribution in [0.2, 0.25) is 0 Å². The zero-order valence-corrected chi connectivity index (χ0v) is 21.2. The molecule has 2 aromatic carbocycles. The lowest BCUT2D eigenvalue weighted by atomic mass is 9.94. The van der Waals surface area contributed by atoms with Crippen LogP contribution in [-0.2, 0) is 19.0 Å². The van der Waals surface area contributed by atoms with Gasteiger partial charge in [-0.2, -0.15) is 5.26 Å². The molecule has 1 fully saturated rings. The number of nitriles is 1. The molecule has 1 aliphatic rings. The van der Waals surface area contributed by atoms with Crippen LogP contribution in [0.4, 0.5) is 21.9 Å². The number of carbonyl (C=O) groups excluding carboxylic acids is 2. The minimum absolute atomic E-state index is 0.150. The lowest BCUT2D eigenvalue weighted by Gasteiger charge is -2.40. The summed E-state index contributed by atoms with van der Waals surface area (Å²) in [5.41, 5.74) is 3.44. The van der Waals surface area contributed by atoms with Crippen molar-refractivity contribution in [3.63, 3.8) is 0 Å². The topological polar surface area (TPSA) is 113 Å². The Morgan fingerprint density at radius 3 is 2.56 bits per heavy atom. The van der Waals surface area contributed by atoms with Crippen LogP contribution in [0.3, 0.4) is 0 Å². The maximum atomic E-state index is 13.0. The molecule has 3 rings (SSSR count). The van der Waals surface area contributed by atoms with Crippen molar-refractivity contribution >= 4 is 29.1 Å². The summed E-state index contributed by atoms with van der Waals surface area (Å²) in [6, 6.07) is 14.3. The van der Waals surface area contributed by atoms with Crippen molar-refractivity contribution < 1.29 is 23.8 Å². The molecule has 2 N–H and O–H groups in total. The summed E-state index contributed by atoms with van der Waals surface area (Å²) in [6.45, 7) is 6.52. The molecule has 36 heavy (non-hydrogen) atoms. The molecular formula is C27H34N4O5. The van der Waals surface area contributed by atoms with Gasteiger partial charge in [-0.25, -0.2) is 4.79 Å². The Hall–Kier alpha value is -3.61. The highest BCUT2D eigenvalue weighted by Gasteiger charge is 2.29. The average Bonchev–Trinajstić information content (AvgIpc) is 2.88. The molecule has 0 spiro atoms. The summed E-state index contributed by atoms with van der Waals surface area (Å²) in [5, 5.41) is 14.8. The van der Waals surface area contributed by atoms with E-state index in [4.69, 9.17) is 19.5 Å². The Balaban J connectivity index is 1.94. The molecule has 0 aliphatic carbocycles. The molecule has 2 amide bonds. The summed E-state index contributed by atoms with van der Waals surface area (Å²) in [5.74, 6) is -0.225. The molecule has 1 heterocycles. The number of rotatable bonds is 9. The molecule has 2 aromatic rings. The fourth-order valence-electron chi connectivity index (χ4n) is 4.30. The number of benzene rings is 2. The Morgan fingerprint density at radius 1 is 1.17 bits per heavy atom. The maximum absolute atomic E-state index is 13.0. The fraction of sp³-hybridized carbons (Fsp3) is 0.444. The summed E-state index contributed by atoms with van der Waals surface area (Å²) in [6.07, 6.45) is 0.159. The van der Waals surface area contributed by atoms with Gasteiger partial charge >= 0.3 is 12.0 Å². The molecule has 0 aromatic heterocycles. The third-order valence-electron chi connectivity index (χ3n) is 6.27. The van der Waals surface area contributed by atoms with Crippen LogP contribution in [-0.4, -0.2) is 58.6 Å². The first-order valence-corrected chi connectivity index (χ1v) is 12.0. The van der Waals surface area contributed by atoms with Gasteiger partial charge in [0.15, 0.2) is 0 Å². The SMILES string of the molecule is COCC(CC(=O)OC)c1ccc(N2CCOCC2C(C)C)c(NC(=O)Nc2ccc(C#N)cc2)c1. The number of hydrogen-bond acceptors (Lipinski definition) is 7. The molecule has 9 nitrogen and oxygen atoms in total. The maximum Gasteiger partial charge on any atom is 0.323 e. The number of morpholine rings is 1. The van der Waals surface area contributed by atoms with E-state index >= 15 is 0 Å². The van der Waals surface area contributed by atoms with Crippen LogP contribution in [0, 0.1) is 17.2 Å². The Kier molecular flexibility index (Phi) is 9.68. The third-order valence-corrected chi connectivity index (χ3v) is 6.27. The van der Waals surface area contributed by atoms with Crippen molar-refractivity contribution in [1.29, 1.82) is 5.26 Å². The minimum atomic E-state index is -0.413. The van der Waals surface area contributed by atoms with Gasteiger partial charge in [-0.1, -0.05) is 19.9 Å². The van der Waals surface area contributed by atoms with Crippen molar-refractivity contribution in [2.45, 2.75) is 32.2 Å². The summed E-state index contributed by atoms with van der Waals surface area (Å²) < 4.78 is 16.0. The molecule has 0 radical (unpaired) electrons. The van der Waals surface area contributed by atoms with Gasteiger partial charge in [0.1, 0.15) is 0 Å². The number of carbonyl (C=O) groups is 2. The first-order valence-electron chi connectivity index (χ1n) is 12.0. The normalized spacial score (nSPS) is 16.2. The highest BCUT2D eigenvalue weighted by molar-refractivity contribution is 6.02. The van der Waals surface area contributed by atoms with Gasteiger partial charge in [0, 0.05) is 25.3 Å². The average molecular weight is 495 g/mol. The highest BCUT2D eigenvalue weighted by Crippen LogP contribution is 2.35. The lowest BCUT2D eigenvalue weighted by molar-refractivity contribution is -0.141. The second-order valence-corrected chi connectivity index (χ2v) is 9.06. The van der Waals surface area contributed by atoms with Crippen LogP contribution in [0.25, 0.3) is 0 Å². The third kappa shape index (κ3) is 6.97. The molecule has 0 saturated carbocycles. The molecule has 1 aliphatic heterocycles. The smallest absolute Gasteiger partial charge is 0.323 e. The molecular weight excluding hydrogens is 460 g/mol. The summed E-state index contributed by atoms with van der Waals surface area (Å²) in [4.78, 5) is 27.3. The number of ether oxygens (including phenoxy) is 3. The van der Waals surface area contributed by atoms with E-state index in [-0.39, 0.29) is 24.3 Å². The van der Waals surface area contributed by atoms with Gasteiger partial charge < -0.3 is 29.7 Å². The number of amides is 2. The van der Waals surface area contributed by atoms with Crippen molar-refractivity contribution in [2.24, 2.45) is 5.92 Å². The predicted octanol–water partition coefficient (Wildman–Crippen LogP) is 4.36. The van der Waals surface area contributed by atoms with E-state index in [1.165, 1.54) is 7.11 Å². The van der Waals surface area contributed by atoms with Crippen molar-refractivity contribution in [3.8, 4) is 6.07 Å². The van der Waals surface area contributed by atoms with Crippen molar-refractivity contribution in [2.75, 3.05) is 56.1 Å². The monoisotopic (exact) mass is 494 g/mol. The Labute approximate surface area is 212 Å². The second-order valence-electron chi connectivity index (χ2n) is 9.06. The number of nitrogens with one attached hydrogen (secondary N) is 2. The molecule has 192 valence electrons. The molecule has 2 unspecified atom stereocenters. The first kappa shape index (κ1) is 27.0. The van der Waals surface area contributed by atoms with E-state index in [0.29, 0.717) is 49.2 Å². The van der Waals surface area contributed by atoms with E-state index < -0.39 is 6.03 Å². The van der Waals surface area contributed by atoms with E-state index in [1.54, 1.807) is 31.4 Å². The number of anilines is 3. The molecule has 2 atom stereocenters. The van der Waals surface area contributed by atoms with E-state index in [2.05, 4.69) is 35.5 Å². The van der Waals surface area contributed by atoms with Gasteiger partial charge in [0.25, 0.3) is 0 Å². The number of nitrogens with zero attached hydrogens (tertiary/aromatic N) is 2. The van der Waals surface area contributed by atoms with Gasteiger partial charge in [-0.05, 0) is 47.9 Å². The van der Waals surface area contributed by atoms with Gasteiger partial charge in [-0.3, -0.25) is 4.79 Å². The summed E-state index contributed by atoms with van der Waals surface area (Å²) >= 11 is 0. The largest absolute Gasteiger partial charge is 0.469 e. The highest BCUT2D eigenvalue weighted by atomic mass is 16.5. The number of hydrogen-bond donors (Lipinski definition) is 2. The Bertz CT molecular complexity index is 1080. The van der Waals surface area contributed by atoms with Crippen molar-refractivity contribution in [3.05, 3.63) is 53.6 Å². The fourth-order valence-corrected chi connectivity index (χ4v) is 4.30. The van der Waals surface area contributed by atoms with E-state index in [0.717, 1.165) is 11.3 Å². The molecule has 9 heteroatoms. The van der Waals surface area contributed by atoms with Crippen LogP contribution in [0.1, 0.15) is 37.3 Å². The number of methoxy groups -OCH3 is 2. The van der Waals surface area contributed by atoms with Crippen molar-refractivity contribution in [1.82, 2.24) is 0 Å². The van der Waals surface area contributed by atoms with Crippen LogP contribution in [0.5, 0.6) is 0 Å². The zero-order valence-electron chi connectivity index (χ0n) is 21.2. The standard InChI is InChI=1S/C27H34N4O5/c1-18(2)25-17-36-12-11-31(25)24-10-7-20(21(16-34-3)14-26(32)35-4)13-23(24)30-27(33)29-22-8-5-19(15-28)6-9-22/h5-10,13,18,21,25H,11-12,14,16-17H2,1-4H3,(H2,29,30,33). The second kappa shape index (κ2) is 12.9. The predicted molar refractivity (Wildman–Crippen MR) is 138 cm³/mol. The number of esters is 1. The number of urea groups is 1. The first-order chi connectivity index (χ1) is 17.4. The quantitative estimate of drug-likeness (QED) is 0.498. The Morgan fingerprint density at radius 2 is 1.92 bits per heavy atom. The van der Waals surface area contributed by atoms with E-state index in [1.807, 2.05) is 18.2 Å². The van der Waals surface area contributed by atoms with Crippen LogP contribution < -0.4 is 15.5 Å². The summed E-state index contributed by atoms with van der Waals surface area (Å²) in [7, 11) is 2.95. The van der Waals surface area contributed by atoms with E-state index in [9.17, 15) is 9.59 Å². The zero-order chi connectivity index (χ0) is 26.1. The van der Waals surface area contributed by atoms with Crippen LogP contribution >= 0.6 is 0 Å².